The number of halogens is 7. The summed E-state index contributed by atoms with van der Waals surface area (Å²) in [5.74, 6) is -8.90. The lowest BCUT2D eigenvalue weighted by molar-refractivity contribution is -0.123. The van der Waals surface area contributed by atoms with Crippen LogP contribution in [0.15, 0.2) is 24.3 Å². The molecule has 0 spiro atoms. The number of aryl methyl sites for hydroxylation is 1. The van der Waals surface area contributed by atoms with E-state index in [1.165, 1.54) is 12.2 Å². The standard InChI is InChI=1S/C17H11F7N2O2/c1-7-4-12(9(5-11(7)19)15(27)25-6-17(22,23)24)26-16(28)8-2-3-10(18)14(21)13(8)20/h2-5H,6H2,1H3,(H,25,27)(H,26,28). The molecule has 0 bridgehead atoms. The topological polar surface area (TPSA) is 58.2 Å². The fourth-order valence-electron chi connectivity index (χ4n) is 2.14. The molecular formula is C17H11F7N2O2. The normalized spacial score (nSPS) is 11.3. The molecule has 2 rings (SSSR count). The first kappa shape index (κ1) is 21.2. The number of nitrogens with one attached hydrogen (secondary N) is 2. The predicted octanol–water partition coefficient (Wildman–Crippen LogP) is 4.10. The van der Waals surface area contributed by atoms with Crippen LogP contribution in [0.5, 0.6) is 0 Å². The van der Waals surface area contributed by atoms with Crippen LogP contribution in [0.3, 0.4) is 0 Å². The van der Waals surface area contributed by atoms with Crippen LogP contribution in [0.25, 0.3) is 0 Å². The molecule has 2 aromatic carbocycles. The highest BCUT2D eigenvalue weighted by Crippen LogP contribution is 2.23. The largest absolute Gasteiger partial charge is 0.405 e. The number of hydrogen-bond acceptors (Lipinski definition) is 2. The van der Waals surface area contributed by atoms with E-state index in [1.54, 1.807) is 0 Å². The van der Waals surface area contributed by atoms with Crippen molar-refractivity contribution < 1.29 is 40.3 Å². The molecule has 0 atom stereocenters. The zero-order chi connectivity index (χ0) is 21.2. The Morgan fingerprint density at radius 3 is 2.14 bits per heavy atom. The Bertz CT molecular complexity index is 942. The highest BCUT2D eigenvalue weighted by molar-refractivity contribution is 6.09. The van der Waals surface area contributed by atoms with Crippen LogP contribution in [0, 0.1) is 30.2 Å². The second kappa shape index (κ2) is 7.87. The summed E-state index contributed by atoms with van der Waals surface area (Å²) in [4.78, 5) is 24.1. The maximum atomic E-state index is 13.7. The van der Waals surface area contributed by atoms with Gasteiger partial charge in [-0.3, -0.25) is 9.59 Å². The molecule has 2 amide bonds. The Hall–Kier alpha value is -3.11. The number of carbonyl (C=O) groups excluding carboxylic acids is 2. The van der Waals surface area contributed by atoms with Crippen molar-refractivity contribution in [2.24, 2.45) is 0 Å². The third-order valence-corrected chi connectivity index (χ3v) is 3.52. The monoisotopic (exact) mass is 408 g/mol. The Morgan fingerprint density at radius 2 is 1.54 bits per heavy atom. The molecule has 4 nitrogen and oxygen atoms in total. The van der Waals surface area contributed by atoms with Gasteiger partial charge in [0.15, 0.2) is 17.5 Å². The van der Waals surface area contributed by atoms with Gasteiger partial charge in [-0.2, -0.15) is 13.2 Å². The maximum Gasteiger partial charge on any atom is 0.405 e. The fourth-order valence-corrected chi connectivity index (χ4v) is 2.14. The molecule has 0 saturated heterocycles. The van der Waals surface area contributed by atoms with E-state index in [2.05, 4.69) is 0 Å². The van der Waals surface area contributed by atoms with E-state index in [0.717, 1.165) is 6.07 Å². The van der Waals surface area contributed by atoms with Gasteiger partial charge in [-0.05, 0) is 36.8 Å². The van der Waals surface area contributed by atoms with Gasteiger partial charge < -0.3 is 10.6 Å². The lowest BCUT2D eigenvalue weighted by Gasteiger charge is -2.14. The second-order valence-electron chi connectivity index (χ2n) is 5.62. The Kier molecular flexibility index (Phi) is 5.95. The quantitative estimate of drug-likeness (QED) is 0.592. The van der Waals surface area contributed by atoms with Crippen molar-refractivity contribution in [3.05, 3.63) is 64.2 Å². The van der Waals surface area contributed by atoms with Crippen molar-refractivity contribution in [3.8, 4) is 0 Å². The summed E-state index contributed by atoms with van der Waals surface area (Å²) in [6, 6.07) is 2.62. The van der Waals surface area contributed by atoms with E-state index in [1.807, 2.05) is 5.32 Å². The molecule has 0 saturated carbocycles. The summed E-state index contributed by atoms with van der Waals surface area (Å²) in [7, 11) is 0. The minimum absolute atomic E-state index is 0.0894. The van der Waals surface area contributed by atoms with Crippen molar-refractivity contribution in [2.45, 2.75) is 13.1 Å². The zero-order valence-electron chi connectivity index (χ0n) is 14.0. The van der Waals surface area contributed by atoms with Gasteiger partial charge >= 0.3 is 6.18 Å². The first-order valence-corrected chi connectivity index (χ1v) is 7.50. The average Bonchev–Trinajstić information content (AvgIpc) is 2.59. The lowest BCUT2D eigenvalue weighted by Crippen LogP contribution is -2.34. The zero-order valence-corrected chi connectivity index (χ0v) is 14.0. The molecule has 0 aromatic heterocycles. The summed E-state index contributed by atoms with van der Waals surface area (Å²) in [6.07, 6.45) is -4.74. The molecule has 0 heterocycles. The average molecular weight is 408 g/mol. The van der Waals surface area contributed by atoms with Gasteiger partial charge in [0.2, 0.25) is 0 Å². The SMILES string of the molecule is Cc1cc(NC(=O)c2ccc(F)c(F)c2F)c(C(=O)NCC(F)(F)F)cc1F. The highest BCUT2D eigenvalue weighted by atomic mass is 19.4. The van der Waals surface area contributed by atoms with Crippen molar-refractivity contribution >= 4 is 17.5 Å². The molecule has 0 fully saturated rings. The summed E-state index contributed by atoms with van der Waals surface area (Å²) < 4.78 is 90.5. The molecule has 11 heteroatoms. The lowest BCUT2D eigenvalue weighted by atomic mass is 10.1. The molecule has 0 aliphatic carbocycles. The molecule has 2 aromatic rings. The van der Waals surface area contributed by atoms with E-state index in [9.17, 15) is 40.3 Å². The van der Waals surface area contributed by atoms with Crippen LogP contribution in [-0.2, 0) is 0 Å². The third-order valence-electron chi connectivity index (χ3n) is 3.52. The molecule has 28 heavy (non-hydrogen) atoms. The Labute approximate surface area is 153 Å². The maximum absolute atomic E-state index is 13.7. The minimum atomic E-state index is -4.74. The van der Waals surface area contributed by atoms with Crippen LogP contribution >= 0.6 is 0 Å². The van der Waals surface area contributed by atoms with Gasteiger partial charge in [-0.25, -0.2) is 17.6 Å². The molecule has 0 unspecified atom stereocenters. The summed E-state index contributed by atoms with van der Waals surface area (Å²) in [5.41, 5.74) is -2.15. The van der Waals surface area contributed by atoms with Gasteiger partial charge in [0.1, 0.15) is 12.4 Å². The van der Waals surface area contributed by atoms with Gasteiger partial charge in [0.05, 0.1) is 16.8 Å². The summed E-state index contributed by atoms with van der Waals surface area (Å²) in [6.45, 7) is -0.479. The fraction of sp³-hybridized carbons (Fsp3) is 0.176. The summed E-state index contributed by atoms with van der Waals surface area (Å²) in [5, 5.41) is 3.49. The van der Waals surface area contributed by atoms with Crippen molar-refractivity contribution in [1.82, 2.24) is 5.32 Å². The van der Waals surface area contributed by atoms with Crippen LogP contribution in [0.4, 0.5) is 36.4 Å². The van der Waals surface area contributed by atoms with Crippen molar-refractivity contribution in [3.63, 3.8) is 0 Å². The molecule has 0 aliphatic rings. The third kappa shape index (κ3) is 4.78. The number of rotatable bonds is 4. The van der Waals surface area contributed by atoms with Crippen LogP contribution < -0.4 is 10.6 Å². The van der Waals surface area contributed by atoms with E-state index >= 15 is 0 Å². The highest BCUT2D eigenvalue weighted by Gasteiger charge is 2.29. The Morgan fingerprint density at radius 1 is 0.893 bits per heavy atom. The second-order valence-corrected chi connectivity index (χ2v) is 5.62. The van der Waals surface area contributed by atoms with Crippen molar-refractivity contribution in [2.75, 3.05) is 11.9 Å². The first-order valence-electron chi connectivity index (χ1n) is 7.50. The smallest absolute Gasteiger partial charge is 0.343 e. The van der Waals surface area contributed by atoms with Crippen LogP contribution in [0.1, 0.15) is 26.3 Å². The Balaban J connectivity index is 2.37. The number of anilines is 1. The van der Waals surface area contributed by atoms with E-state index in [0.29, 0.717) is 18.2 Å². The van der Waals surface area contributed by atoms with Gasteiger partial charge in [0.25, 0.3) is 11.8 Å². The van der Waals surface area contributed by atoms with E-state index in [4.69, 9.17) is 0 Å². The predicted molar refractivity (Wildman–Crippen MR) is 83.8 cm³/mol. The van der Waals surface area contributed by atoms with Crippen LogP contribution in [0.2, 0.25) is 0 Å². The van der Waals surface area contributed by atoms with Gasteiger partial charge in [0, 0.05) is 0 Å². The molecule has 0 aliphatic heterocycles. The molecule has 2 N–H and O–H groups in total. The van der Waals surface area contributed by atoms with E-state index in [-0.39, 0.29) is 5.56 Å². The number of alkyl halides is 3. The van der Waals surface area contributed by atoms with E-state index < -0.39 is 64.6 Å². The van der Waals surface area contributed by atoms with Gasteiger partial charge in [-0.1, -0.05) is 0 Å². The first-order chi connectivity index (χ1) is 12.9. The number of carbonyl (C=O) groups is 2. The number of hydrogen-bond donors (Lipinski definition) is 2. The molecule has 0 radical (unpaired) electrons. The summed E-state index contributed by atoms with van der Waals surface area (Å²) >= 11 is 0. The molecule has 150 valence electrons. The van der Waals surface area contributed by atoms with Crippen molar-refractivity contribution in [1.29, 1.82) is 0 Å². The number of benzene rings is 2. The van der Waals surface area contributed by atoms with Gasteiger partial charge in [-0.15, -0.1) is 0 Å². The minimum Gasteiger partial charge on any atom is -0.343 e. The molecular weight excluding hydrogens is 397 g/mol. The van der Waals surface area contributed by atoms with Crippen LogP contribution in [-0.4, -0.2) is 24.5 Å². The number of amides is 2.